The maximum atomic E-state index is 11.4. The van der Waals surface area contributed by atoms with Crippen LogP contribution in [0.2, 0.25) is 0 Å². The number of nitriles is 1. The molecule has 0 aliphatic rings. The minimum Gasteiger partial charge on any atom is -0.410 e. The smallest absolute Gasteiger partial charge is 0.290 e. The Kier molecular flexibility index (Phi) is 4.39. The number of benzene rings is 1. The lowest BCUT2D eigenvalue weighted by molar-refractivity contribution is -0.126. The Morgan fingerprint density at radius 3 is 2.53 bits per heavy atom. The fourth-order valence-corrected chi connectivity index (χ4v) is 1.13. The highest BCUT2D eigenvalue weighted by molar-refractivity contribution is 6.46. The largest absolute Gasteiger partial charge is 0.410 e. The van der Waals surface area contributed by atoms with Crippen molar-refractivity contribution in [2.24, 2.45) is 5.16 Å². The lowest BCUT2D eigenvalue weighted by Gasteiger charge is -2.01. The number of nitrogens with zero attached hydrogens (tertiary/aromatic N) is 2. The van der Waals surface area contributed by atoms with E-state index in [-0.39, 0.29) is 6.42 Å². The Labute approximate surface area is 97.2 Å². The van der Waals surface area contributed by atoms with Gasteiger partial charge in [0.15, 0.2) is 0 Å². The molecular formula is C11H9N3O3. The summed E-state index contributed by atoms with van der Waals surface area (Å²) in [4.78, 5) is 22.5. The highest BCUT2D eigenvalue weighted by Gasteiger charge is 2.14. The topological polar surface area (TPSA) is 103 Å². The molecule has 6 nitrogen and oxygen atoms in total. The molecule has 0 unspecified atom stereocenters. The van der Waals surface area contributed by atoms with Gasteiger partial charge >= 0.3 is 0 Å². The highest BCUT2D eigenvalue weighted by Crippen LogP contribution is 1.98. The van der Waals surface area contributed by atoms with Crippen LogP contribution in [-0.4, -0.2) is 22.7 Å². The Balaban J connectivity index is 2.57. The molecule has 6 heteroatoms. The van der Waals surface area contributed by atoms with Crippen LogP contribution in [0, 0.1) is 11.3 Å². The predicted molar refractivity (Wildman–Crippen MR) is 58.1 cm³/mol. The molecule has 0 aliphatic carbocycles. The summed E-state index contributed by atoms with van der Waals surface area (Å²) in [7, 11) is 0. The first kappa shape index (κ1) is 12.4. The number of hydrogen-bond acceptors (Lipinski definition) is 5. The molecule has 0 fully saturated rings. The van der Waals surface area contributed by atoms with Crippen LogP contribution in [-0.2, 0) is 16.0 Å². The summed E-state index contributed by atoms with van der Waals surface area (Å²) in [6.45, 7) is 0. The molecule has 2 N–H and O–H groups in total. The van der Waals surface area contributed by atoms with Crippen molar-refractivity contribution in [3.63, 3.8) is 0 Å². The number of amides is 2. The Hall–Kier alpha value is -2.68. The maximum absolute atomic E-state index is 11.4. The summed E-state index contributed by atoms with van der Waals surface area (Å²) in [6, 6.07) is 10.2. The van der Waals surface area contributed by atoms with Gasteiger partial charge in [0.25, 0.3) is 5.91 Å². The summed E-state index contributed by atoms with van der Waals surface area (Å²) in [5, 5.41) is 21.1. The van der Waals surface area contributed by atoms with Crippen molar-refractivity contribution in [2.45, 2.75) is 6.42 Å². The summed E-state index contributed by atoms with van der Waals surface area (Å²) >= 11 is 0. The zero-order chi connectivity index (χ0) is 12.7. The van der Waals surface area contributed by atoms with Gasteiger partial charge in [0.05, 0.1) is 6.42 Å². The molecule has 0 spiro atoms. The predicted octanol–water partition coefficient (Wildman–Crippen LogP) is 0.226. The van der Waals surface area contributed by atoms with E-state index < -0.39 is 17.5 Å². The first-order valence-electron chi connectivity index (χ1n) is 4.67. The molecule has 0 aromatic heterocycles. The van der Waals surface area contributed by atoms with Crippen LogP contribution in [0.4, 0.5) is 0 Å². The monoisotopic (exact) mass is 231 g/mol. The van der Waals surface area contributed by atoms with Gasteiger partial charge in [-0.05, 0) is 5.56 Å². The second-order valence-electron chi connectivity index (χ2n) is 3.10. The number of rotatable bonds is 3. The average molecular weight is 231 g/mol. The summed E-state index contributed by atoms with van der Waals surface area (Å²) in [5.74, 6) is -1.59. The van der Waals surface area contributed by atoms with E-state index in [0.29, 0.717) is 0 Å². The van der Waals surface area contributed by atoms with Crippen LogP contribution in [0.5, 0.6) is 0 Å². The van der Waals surface area contributed by atoms with Gasteiger partial charge in [-0.2, -0.15) is 5.26 Å². The van der Waals surface area contributed by atoms with E-state index in [0.717, 1.165) is 5.56 Å². The van der Waals surface area contributed by atoms with Gasteiger partial charge in [-0.1, -0.05) is 35.5 Å². The van der Waals surface area contributed by atoms with E-state index in [1.807, 2.05) is 5.32 Å². The quantitative estimate of drug-likeness (QED) is 0.441. The van der Waals surface area contributed by atoms with Crippen molar-refractivity contribution in [3.8, 4) is 6.07 Å². The molecule has 0 saturated heterocycles. The van der Waals surface area contributed by atoms with Crippen molar-refractivity contribution in [2.75, 3.05) is 0 Å². The Morgan fingerprint density at radius 1 is 1.35 bits per heavy atom. The van der Waals surface area contributed by atoms with Gasteiger partial charge in [-0.15, -0.1) is 0 Å². The fraction of sp³-hybridized carbons (Fsp3) is 0.0909. The van der Waals surface area contributed by atoms with Crippen molar-refractivity contribution in [1.82, 2.24) is 5.32 Å². The van der Waals surface area contributed by atoms with Crippen molar-refractivity contribution in [1.29, 1.82) is 5.26 Å². The fourth-order valence-electron chi connectivity index (χ4n) is 1.13. The maximum Gasteiger partial charge on any atom is 0.290 e. The highest BCUT2D eigenvalue weighted by atomic mass is 16.4. The van der Waals surface area contributed by atoms with Crippen LogP contribution in [0.15, 0.2) is 35.5 Å². The van der Waals surface area contributed by atoms with Gasteiger partial charge in [-0.25, -0.2) is 0 Å². The number of oxime groups is 1. The molecule has 2 amide bonds. The zero-order valence-electron chi connectivity index (χ0n) is 8.75. The third-order valence-electron chi connectivity index (χ3n) is 1.88. The van der Waals surface area contributed by atoms with E-state index >= 15 is 0 Å². The first-order valence-corrected chi connectivity index (χ1v) is 4.67. The molecule has 0 saturated carbocycles. The van der Waals surface area contributed by atoms with Gasteiger partial charge < -0.3 is 5.21 Å². The molecular weight excluding hydrogens is 222 g/mol. The third-order valence-corrected chi connectivity index (χ3v) is 1.88. The van der Waals surface area contributed by atoms with Gasteiger partial charge in [0, 0.05) is 0 Å². The molecule has 1 rings (SSSR count). The van der Waals surface area contributed by atoms with E-state index in [2.05, 4.69) is 5.16 Å². The second-order valence-corrected chi connectivity index (χ2v) is 3.10. The Morgan fingerprint density at radius 2 is 2.00 bits per heavy atom. The molecule has 0 aliphatic heterocycles. The molecule has 0 heterocycles. The molecule has 0 radical (unpaired) electrons. The summed E-state index contributed by atoms with van der Waals surface area (Å²) in [6.07, 6.45) is 0.0106. The Bertz CT molecular complexity index is 488. The van der Waals surface area contributed by atoms with Crippen molar-refractivity contribution in [3.05, 3.63) is 35.9 Å². The SMILES string of the molecule is N#C/C(=N\O)C(=O)NC(=O)Cc1ccccc1. The van der Waals surface area contributed by atoms with Crippen LogP contribution in [0.1, 0.15) is 5.56 Å². The third kappa shape index (κ3) is 3.76. The van der Waals surface area contributed by atoms with Crippen molar-refractivity contribution >= 4 is 17.5 Å². The van der Waals surface area contributed by atoms with E-state index in [4.69, 9.17) is 10.5 Å². The average Bonchev–Trinajstić information content (AvgIpc) is 2.31. The standard InChI is InChI=1S/C11H9N3O3/c12-7-9(14-17)11(16)13-10(15)6-8-4-2-1-3-5-8/h1-5,17H,6H2,(H,13,15,16)/b14-9+. The number of carbonyl (C=O) groups excluding carboxylic acids is 2. The minimum atomic E-state index is -1.02. The van der Waals surface area contributed by atoms with Gasteiger partial charge in [-0.3, -0.25) is 14.9 Å². The zero-order valence-corrected chi connectivity index (χ0v) is 8.75. The summed E-state index contributed by atoms with van der Waals surface area (Å²) < 4.78 is 0. The van der Waals surface area contributed by atoms with Crippen LogP contribution in [0.3, 0.4) is 0 Å². The normalized spacial score (nSPS) is 10.4. The van der Waals surface area contributed by atoms with E-state index in [1.165, 1.54) is 6.07 Å². The van der Waals surface area contributed by atoms with Crippen LogP contribution >= 0.6 is 0 Å². The van der Waals surface area contributed by atoms with Crippen LogP contribution < -0.4 is 5.32 Å². The minimum absolute atomic E-state index is 0.0106. The van der Waals surface area contributed by atoms with Gasteiger partial charge in [0.2, 0.25) is 11.6 Å². The first-order chi connectivity index (χ1) is 8.17. The molecule has 1 aromatic carbocycles. The van der Waals surface area contributed by atoms with E-state index in [1.54, 1.807) is 30.3 Å². The molecule has 0 bridgehead atoms. The summed E-state index contributed by atoms with van der Waals surface area (Å²) in [5.41, 5.74) is -0.0244. The lowest BCUT2D eigenvalue weighted by Crippen LogP contribution is -2.36. The molecule has 17 heavy (non-hydrogen) atoms. The lowest BCUT2D eigenvalue weighted by atomic mass is 10.1. The molecule has 0 atom stereocenters. The number of hydrogen-bond donors (Lipinski definition) is 2. The molecule has 86 valence electrons. The number of imide groups is 1. The van der Waals surface area contributed by atoms with Crippen LogP contribution in [0.25, 0.3) is 0 Å². The molecule has 1 aromatic rings. The second kappa shape index (κ2) is 6.02. The van der Waals surface area contributed by atoms with E-state index in [9.17, 15) is 9.59 Å². The number of carbonyl (C=O) groups is 2. The van der Waals surface area contributed by atoms with Gasteiger partial charge in [0.1, 0.15) is 6.07 Å². The van der Waals surface area contributed by atoms with Crippen molar-refractivity contribution < 1.29 is 14.8 Å². The number of nitrogens with one attached hydrogen (secondary N) is 1.